The molecule has 7 heteroatoms. The fourth-order valence-corrected chi connectivity index (χ4v) is 12.4. The summed E-state index contributed by atoms with van der Waals surface area (Å²) >= 11 is 1.92. The first-order chi connectivity index (χ1) is 34.2. The van der Waals surface area contributed by atoms with Crippen molar-refractivity contribution in [2.75, 3.05) is 0 Å². The van der Waals surface area contributed by atoms with Crippen LogP contribution in [0.25, 0.3) is 131 Å². The maximum absolute atomic E-state index is 5.10. The van der Waals surface area contributed by atoms with Crippen LogP contribution in [0.3, 0.4) is 0 Å². The first-order valence-corrected chi connectivity index (χ1v) is 24.1. The summed E-state index contributed by atoms with van der Waals surface area (Å²) in [5.41, 5.74) is 15.4. The predicted octanol–water partition coefficient (Wildman–Crippen LogP) is 16.3. The lowest BCUT2D eigenvalue weighted by Crippen LogP contribution is -1.99. The molecule has 0 aliphatic rings. The Labute approximate surface area is 399 Å². The van der Waals surface area contributed by atoms with Crippen molar-refractivity contribution in [3.63, 3.8) is 0 Å². The Morgan fingerprint density at radius 3 is 1.03 bits per heavy atom. The van der Waals surface area contributed by atoms with Gasteiger partial charge in [-0.25, -0.2) is 9.97 Å². The van der Waals surface area contributed by atoms with Crippen LogP contribution in [-0.2, 0) is 0 Å². The molecule has 15 rings (SSSR count). The predicted molar refractivity (Wildman–Crippen MR) is 288 cm³/mol. The summed E-state index contributed by atoms with van der Waals surface area (Å²) in [6.07, 6.45) is 0. The van der Waals surface area contributed by atoms with Crippen LogP contribution in [0.2, 0.25) is 0 Å². The van der Waals surface area contributed by atoms with E-state index in [1.165, 1.54) is 63.8 Å². The van der Waals surface area contributed by atoms with Crippen LogP contribution in [0, 0.1) is 0 Å². The minimum atomic E-state index is 0.931. The molecule has 10 aromatic carbocycles. The van der Waals surface area contributed by atoms with Crippen LogP contribution in [0.4, 0.5) is 0 Å². The summed E-state index contributed by atoms with van der Waals surface area (Å²) in [7, 11) is 0. The first kappa shape index (κ1) is 38.1. The smallest absolute Gasteiger partial charge is 0.145 e. The topological polar surface area (TPSA) is 45.5 Å². The van der Waals surface area contributed by atoms with E-state index in [1.807, 2.05) is 11.3 Å². The first-order valence-electron chi connectivity index (χ1n) is 23.3. The van der Waals surface area contributed by atoms with Gasteiger partial charge in [0.25, 0.3) is 0 Å². The zero-order valence-corrected chi connectivity index (χ0v) is 37.8. The standard InChI is InChI=1S/C62H38N6S/c1-3-15-39(16-4-1)61-63-49-21-9-13-25-53(49)67(61)43-31-27-41(28-32-43)65-51-23-11-7-19-47(51)57-55(65)37-35-45-46-36-38-56-58(60(46)69-59(45)57)48-20-8-12-24-52(48)66(56)42-29-33-44(34-30-42)68-54-26-14-10-22-50(54)64-62(68)40-17-5-2-6-18-40/h1-38H. The third-order valence-electron chi connectivity index (χ3n) is 14.0. The molecule has 5 heterocycles. The highest BCUT2D eigenvalue weighted by molar-refractivity contribution is 7.27. The molecule has 6 nitrogen and oxygen atoms in total. The normalized spacial score (nSPS) is 12.1. The van der Waals surface area contributed by atoms with Crippen molar-refractivity contribution < 1.29 is 0 Å². The second kappa shape index (κ2) is 14.7. The number of imidazole rings is 2. The SMILES string of the molecule is c1ccc(-c2nc3ccccc3n2-c2ccc(-n3c4ccccc4c4c5sc6c(ccc7c6c6ccccc6n7-c6ccc(-n7c(-c8ccccc8)nc8ccccc87)cc6)c5ccc43)cc2)cc1. The fraction of sp³-hybridized carbons (Fsp3) is 0. The molecule has 0 radical (unpaired) electrons. The second-order valence-electron chi connectivity index (χ2n) is 17.8. The third-order valence-corrected chi connectivity index (χ3v) is 15.3. The lowest BCUT2D eigenvalue weighted by Gasteiger charge is -2.12. The molecule has 15 aromatic rings. The van der Waals surface area contributed by atoms with E-state index in [9.17, 15) is 0 Å². The van der Waals surface area contributed by atoms with Gasteiger partial charge >= 0.3 is 0 Å². The van der Waals surface area contributed by atoms with Crippen molar-refractivity contribution in [3.8, 4) is 45.5 Å². The average molecular weight is 899 g/mol. The zero-order valence-electron chi connectivity index (χ0n) is 37.0. The number of nitrogens with zero attached hydrogens (tertiary/aromatic N) is 6. The molecule has 0 amide bonds. The fourth-order valence-electron chi connectivity index (χ4n) is 11.0. The molecule has 0 spiro atoms. The Bertz CT molecular complexity index is 4220. The highest BCUT2D eigenvalue weighted by atomic mass is 32.1. The van der Waals surface area contributed by atoms with Gasteiger partial charge in [-0.2, -0.15) is 0 Å². The quantitative estimate of drug-likeness (QED) is 0.167. The van der Waals surface area contributed by atoms with Crippen LogP contribution in [0.1, 0.15) is 0 Å². The molecule has 0 fully saturated rings. The van der Waals surface area contributed by atoms with Gasteiger partial charge < -0.3 is 9.13 Å². The zero-order chi connectivity index (χ0) is 45.2. The Hall–Kier alpha value is -9.04. The van der Waals surface area contributed by atoms with Gasteiger partial charge in [0.05, 0.1) is 44.1 Å². The minimum Gasteiger partial charge on any atom is -0.309 e. The van der Waals surface area contributed by atoms with Crippen molar-refractivity contribution in [1.29, 1.82) is 0 Å². The monoisotopic (exact) mass is 898 g/mol. The van der Waals surface area contributed by atoms with Crippen LogP contribution in [0.15, 0.2) is 231 Å². The number of rotatable bonds is 6. The van der Waals surface area contributed by atoms with Crippen molar-refractivity contribution in [2.24, 2.45) is 0 Å². The summed E-state index contributed by atoms with van der Waals surface area (Å²) < 4.78 is 12.0. The third kappa shape index (κ3) is 5.59. The average Bonchev–Trinajstić information content (AvgIpc) is 4.24. The van der Waals surface area contributed by atoms with E-state index >= 15 is 0 Å². The minimum absolute atomic E-state index is 0.931. The summed E-state index contributed by atoms with van der Waals surface area (Å²) in [5.74, 6) is 1.86. The molecule has 0 bridgehead atoms. The molecule has 322 valence electrons. The van der Waals surface area contributed by atoms with Crippen molar-refractivity contribution >= 4 is 97.2 Å². The molecule has 0 aliphatic heterocycles. The largest absolute Gasteiger partial charge is 0.309 e. The summed E-state index contributed by atoms with van der Waals surface area (Å²) in [5, 5.41) is 7.64. The maximum Gasteiger partial charge on any atom is 0.145 e. The van der Waals surface area contributed by atoms with Crippen molar-refractivity contribution in [1.82, 2.24) is 28.2 Å². The molecule has 5 aromatic heterocycles. The molecular formula is C62H38N6S. The molecule has 0 saturated carbocycles. The van der Waals surface area contributed by atoms with Gasteiger partial charge in [-0.3, -0.25) is 9.13 Å². The number of benzene rings is 10. The summed E-state index contributed by atoms with van der Waals surface area (Å²) in [4.78, 5) is 10.2. The second-order valence-corrected chi connectivity index (χ2v) is 18.8. The van der Waals surface area contributed by atoms with Crippen LogP contribution in [0.5, 0.6) is 0 Å². The van der Waals surface area contributed by atoms with E-state index in [0.717, 1.165) is 67.6 Å². The van der Waals surface area contributed by atoms with E-state index < -0.39 is 0 Å². The highest BCUT2D eigenvalue weighted by Crippen LogP contribution is 2.48. The molecule has 0 atom stereocenters. The van der Waals surface area contributed by atoms with E-state index in [1.54, 1.807) is 0 Å². The van der Waals surface area contributed by atoms with E-state index in [2.05, 4.69) is 249 Å². The molecular weight excluding hydrogens is 861 g/mol. The van der Waals surface area contributed by atoms with Gasteiger partial charge in [-0.1, -0.05) is 133 Å². The van der Waals surface area contributed by atoms with Gasteiger partial charge in [-0.05, 0) is 97.1 Å². The van der Waals surface area contributed by atoms with Gasteiger partial charge in [0.15, 0.2) is 0 Å². The number of hydrogen-bond acceptors (Lipinski definition) is 3. The molecule has 0 unspecified atom stereocenters. The maximum atomic E-state index is 5.10. The lowest BCUT2D eigenvalue weighted by molar-refractivity contribution is 1.09. The van der Waals surface area contributed by atoms with Gasteiger partial charge in [0, 0.05) is 75.6 Å². The molecule has 0 aliphatic carbocycles. The number of aromatic nitrogens is 6. The number of thiophene rings is 1. The number of para-hydroxylation sites is 6. The Balaban J connectivity index is 0.883. The molecule has 0 N–H and O–H groups in total. The van der Waals surface area contributed by atoms with Gasteiger partial charge in [0.2, 0.25) is 0 Å². The van der Waals surface area contributed by atoms with Crippen molar-refractivity contribution in [3.05, 3.63) is 231 Å². The van der Waals surface area contributed by atoms with E-state index in [0.29, 0.717) is 0 Å². The van der Waals surface area contributed by atoms with Crippen LogP contribution < -0.4 is 0 Å². The highest BCUT2D eigenvalue weighted by Gasteiger charge is 2.22. The van der Waals surface area contributed by atoms with Gasteiger partial charge in [-0.15, -0.1) is 11.3 Å². The van der Waals surface area contributed by atoms with E-state index in [4.69, 9.17) is 9.97 Å². The number of hydrogen-bond donors (Lipinski definition) is 0. The van der Waals surface area contributed by atoms with Crippen molar-refractivity contribution in [2.45, 2.75) is 0 Å². The molecule has 0 saturated heterocycles. The Morgan fingerprint density at radius 2 is 0.609 bits per heavy atom. The van der Waals surface area contributed by atoms with Gasteiger partial charge in [0.1, 0.15) is 11.6 Å². The van der Waals surface area contributed by atoms with Crippen LogP contribution in [-0.4, -0.2) is 28.2 Å². The Kier molecular flexibility index (Phi) is 8.13. The summed E-state index contributed by atoms with van der Waals surface area (Å²) in [6, 6.07) is 82.7. The number of fused-ring (bicyclic) bond motifs is 13. The molecule has 69 heavy (non-hydrogen) atoms. The Morgan fingerprint density at radius 1 is 0.261 bits per heavy atom. The lowest BCUT2D eigenvalue weighted by atomic mass is 10.1. The van der Waals surface area contributed by atoms with E-state index in [-0.39, 0.29) is 0 Å². The van der Waals surface area contributed by atoms with Crippen LogP contribution >= 0.6 is 11.3 Å². The summed E-state index contributed by atoms with van der Waals surface area (Å²) in [6.45, 7) is 0.